The molecular weight excluding hydrogens is 463 g/mol. The Morgan fingerprint density at radius 3 is 2.43 bits per heavy atom. The van der Waals surface area contributed by atoms with Crippen molar-refractivity contribution in [3.63, 3.8) is 0 Å². The lowest BCUT2D eigenvalue weighted by Crippen LogP contribution is -2.35. The van der Waals surface area contributed by atoms with Gasteiger partial charge in [-0.3, -0.25) is 9.78 Å². The highest BCUT2D eigenvalue weighted by Crippen LogP contribution is 2.34. The maximum absolute atomic E-state index is 13.4. The van der Waals surface area contributed by atoms with Gasteiger partial charge >= 0.3 is 6.18 Å². The fraction of sp³-hybridized carbons (Fsp3) is 0.304. The number of carbonyl (C=O) groups excluding carboxylic acids is 1. The third kappa shape index (κ3) is 6.64. The molecule has 3 aromatic rings. The van der Waals surface area contributed by atoms with E-state index in [0.29, 0.717) is 24.1 Å². The molecule has 0 aliphatic rings. The van der Waals surface area contributed by atoms with Crippen molar-refractivity contribution in [2.45, 2.75) is 45.3 Å². The van der Waals surface area contributed by atoms with E-state index < -0.39 is 29.5 Å². The van der Waals surface area contributed by atoms with Crippen molar-refractivity contribution in [2.75, 3.05) is 10.6 Å². The molecule has 1 amide bonds. The smallest absolute Gasteiger partial charge is 0.390 e. The molecule has 9 nitrogen and oxygen atoms in total. The van der Waals surface area contributed by atoms with E-state index in [9.17, 15) is 23.1 Å². The monoisotopic (exact) mass is 489 g/mol. The van der Waals surface area contributed by atoms with Gasteiger partial charge in [-0.2, -0.15) is 18.2 Å². The first-order valence-electron chi connectivity index (χ1n) is 10.8. The molecule has 0 radical (unpaired) electrons. The molecule has 0 saturated heterocycles. The van der Waals surface area contributed by atoms with Crippen molar-refractivity contribution in [3.8, 4) is 11.3 Å². The number of primary amides is 1. The van der Waals surface area contributed by atoms with Gasteiger partial charge in [0.1, 0.15) is 17.4 Å². The number of alkyl halides is 3. The lowest BCUT2D eigenvalue weighted by Gasteiger charge is -2.18. The molecule has 0 fully saturated rings. The number of hydrogen-bond acceptors (Lipinski definition) is 8. The number of aromatic nitrogens is 3. The highest BCUT2D eigenvalue weighted by Gasteiger charge is 2.36. The Balaban J connectivity index is 1.77. The standard InChI is InChI=1S/C23H26F3N7O2/c1-2-18(20(28)35)32-21-17(23(24,25)26)11-30-22(33-21)29-10-13-3-5-15(6-4-13)19-8-14(9-27)7-16(12-34)31-19/h3-8,11,18,34H,2,9-10,12,27H2,1H3,(H2,28,35)(H2,29,30,32,33)/t18-/m1/s1. The summed E-state index contributed by atoms with van der Waals surface area (Å²) in [4.78, 5) is 23.6. The Morgan fingerprint density at radius 2 is 1.86 bits per heavy atom. The van der Waals surface area contributed by atoms with Crippen LogP contribution < -0.4 is 22.1 Å². The van der Waals surface area contributed by atoms with E-state index >= 15 is 0 Å². The van der Waals surface area contributed by atoms with Gasteiger partial charge in [0.05, 0.1) is 18.0 Å². The zero-order chi connectivity index (χ0) is 25.6. The number of pyridine rings is 1. The molecule has 0 aliphatic heterocycles. The maximum atomic E-state index is 13.4. The Bertz CT molecular complexity index is 1150. The number of benzene rings is 1. The van der Waals surface area contributed by atoms with Crippen molar-refractivity contribution in [3.05, 3.63) is 65.0 Å². The Hall–Kier alpha value is -3.77. The van der Waals surface area contributed by atoms with Crippen molar-refractivity contribution >= 4 is 17.7 Å². The molecule has 0 bridgehead atoms. The van der Waals surface area contributed by atoms with Gasteiger partial charge < -0.3 is 27.2 Å². The van der Waals surface area contributed by atoms with Crippen molar-refractivity contribution in [1.82, 2.24) is 15.0 Å². The molecule has 1 atom stereocenters. The van der Waals surface area contributed by atoms with Crippen molar-refractivity contribution in [1.29, 1.82) is 0 Å². The highest BCUT2D eigenvalue weighted by atomic mass is 19.4. The summed E-state index contributed by atoms with van der Waals surface area (Å²) in [5.41, 5.74) is 13.5. The topological polar surface area (TPSA) is 152 Å². The summed E-state index contributed by atoms with van der Waals surface area (Å²) in [6, 6.07) is 9.88. The number of nitrogens with one attached hydrogen (secondary N) is 2. The third-order valence-corrected chi connectivity index (χ3v) is 5.19. The number of nitrogens with zero attached hydrogens (tertiary/aromatic N) is 3. The molecular formula is C23H26F3N7O2. The molecule has 0 aliphatic carbocycles. The normalized spacial score (nSPS) is 12.3. The van der Waals surface area contributed by atoms with E-state index in [1.807, 2.05) is 30.3 Å². The summed E-state index contributed by atoms with van der Waals surface area (Å²) >= 11 is 0. The molecule has 0 saturated carbocycles. The molecule has 2 aromatic heterocycles. The lowest BCUT2D eigenvalue weighted by atomic mass is 10.1. The molecule has 7 N–H and O–H groups in total. The van der Waals surface area contributed by atoms with Gasteiger partial charge in [0, 0.05) is 24.8 Å². The second-order valence-electron chi connectivity index (χ2n) is 7.73. The number of aliphatic hydroxyl groups excluding tert-OH is 1. The second-order valence-corrected chi connectivity index (χ2v) is 7.73. The van der Waals surface area contributed by atoms with E-state index in [1.54, 1.807) is 13.0 Å². The fourth-order valence-corrected chi connectivity index (χ4v) is 3.30. The summed E-state index contributed by atoms with van der Waals surface area (Å²) in [6.07, 6.45) is -3.87. The van der Waals surface area contributed by atoms with Crippen LogP contribution in [0, 0.1) is 0 Å². The number of hydrogen-bond donors (Lipinski definition) is 5. The van der Waals surface area contributed by atoms with Crippen LogP contribution >= 0.6 is 0 Å². The first kappa shape index (κ1) is 25.8. The van der Waals surface area contributed by atoms with Crippen molar-refractivity contribution in [2.24, 2.45) is 11.5 Å². The van der Waals surface area contributed by atoms with E-state index in [1.165, 1.54) is 0 Å². The minimum absolute atomic E-state index is 0.0474. The number of aliphatic hydroxyl groups is 1. The maximum Gasteiger partial charge on any atom is 0.421 e. The predicted octanol–water partition coefficient (Wildman–Crippen LogP) is 2.80. The Kier molecular flexibility index (Phi) is 8.20. The third-order valence-electron chi connectivity index (χ3n) is 5.19. The zero-order valence-corrected chi connectivity index (χ0v) is 18.9. The van der Waals surface area contributed by atoms with Gasteiger partial charge in [-0.15, -0.1) is 0 Å². The zero-order valence-electron chi connectivity index (χ0n) is 18.9. The quantitative estimate of drug-likeness (QED) is 0.292. The van der Waals surface area contributed by atoms with Gasteiger partial charge in [0.15, 0.2) is 0 Å². The SMILES string of the molecule is CC[C@@H](Nc1nc(NCc2ccc(-c3cc(CN)cc(CO)n3)cc2)ncc1C(F)(F)F)C(N)=O. The molecule has 186 valence electrons. The number of halogens is 3. The van der Waals surface area contributed by atoms with Gasteiger partial charge in [0.25, 0.3) is 0 Å². The van der Waals surface area contributed by atoms with E-state index in [0.717, 1.165) is 16.7 Å². The van der Waals surface area contributed by atoms with Crippen LogP contribution in [-0.4, -0.2) is 32.0 Å². The van der Waals surface area contributed by atoms with E-state index in [-0.39, 0.29) is 25.5 Å². The summed E-state index contributed by atoms with van der Waals surface area (Å²) in [5, 5.41) is 14.8. The summed E-state index contributed by atoms with van der Waals surface area (Å²) in [6.45, 7) is 1.96. The number of anilines is 2. The Morgan fingerprint density at radius 1 is 1.14 bits per heavy atom. The number of carbonyl (C=O) groups is 1. The largest absolute Gasteiger partial charge is 0.421 e. The van der Waals surface area contributed by atoms with Crippen LogP contribution in [-0.2, 0) is 30.7 Å². The average Bonchev–Trinajstić information content (AvgIpc) is 2.85. The molecule has 2 heterocycles. The summed E-state index contributed by atoms with van der Waals surface area (Å²) in [5.74, 6) is -1.36. The number of amides is 1. The van der Waals surface area contributed by atoms with E-state index in [4.69, 9.17) is 11.5 Å². The minimum atomic E-state index is -4.71. The minimum Gasteiger partial charge on any atom is -0.390 e. The molecule has 1 aromatic carbocycles. The Labute approximate surface area is 199 Å². The first-order valence-corrected chi connectivity index (χ1v) is 10.8. The predicted molar refractivity (Wildman–Crippen MR) is 125 cm³/mol. The number of nitrogens with two attached hydrogens (primary N) is 2. The lowest BCUT2D eigenvalue weighted by molar-refractivity contribution is -0.137. The van der Waals surface area contributed by atoms with Crippen LogP contribution in [0.15, 0.2) is 42.6 Å². The van der Waals surface area contributed by atoms with Crippen LogP contribution in [0.4, 0.5) is 24.9 Å². The van der Waals surface area contributed by atoms with Crippen molar-refractivity contribution < 1.29 is 23.1 Å². The van der Waals surface area contributed by atoms with Gasteiger partial charge in [-0.1, -0.05) is 31.2 Å². The first-order chi connectivity index (χ1) is 16.6. The molecule has 0 unspecified atom stereocenters. The summed E-state index contributed by atoms with van der Waals surface area (Å²) in [7, 11) is 0. The average molecular weight is 490 g/mol. The summed E-state index contributed by atoms with van der Waals surface area (Å²) < 4.78 is 40.1. The van der Waals surface area contributed by atoms with Gasteiger partial charge in [-0.05, 0) is 29.7 Å². The van der Waals surface area contributed by atoms with Crippen LogP contribution in [0.5, 0.6) is 0 Å². The molecule has 35 heavy (non-hydrogen) atoms. The van der Waals surface area contributed by atoms with Crippen LogP contribution in [0.2, 0.25) is 0 Å². The fourth-order valence-electron chi connectivity index (χ4n) is 3.30. The molecule has 0 spiro atoms. The van der Waals surface area contributed by atoms with Crippen LogP contribution in [0.25, 0.3) is 11.3 Å². The van der Waals surface area contributed by atoms with Crippen LogP contribution in [0.1, 0.15) is 35.7 Å². The van der Waals surface area contributed by atoms with Crippen LogP contribution in [0.3, 0.4) is 0 Å². The molecule has 3 rings (SSSR count). The second kappa shape index (κ2) is 11.1. The molecule has 12 heteroatoms. The van der Waals surface area contributed by atoms with E-state index in [2.05, 4.69) is 25.6 Å². The number of rotatable bonds is 10. The highest BCUT2D eigenvalue weighted by molar-refractivity contribution is 5.82. The van der Waals surface area contributed by atoms with Gasteiger partial charge in [-0.25, -0.2) is 4.98 Å². The van der Waals surface area contributed by atoms with Gasteiger partial charge in [0.2, 0.25) is 11.9 Å².